The largest absolute Gasteiger partial charge is 0.479 e. The van der Waals surface area contributed by atoms with Crippen molar-refractivity contribution in [3.8, 4) is 17.2 Å². The van der Waals surface area contributed by atoms with E-state index in [0.29, 0.717) is 21.5 Å². The van der Waals surface area contributed by atoms with Crippen LogP contribution in [0.25, 0.3) is 0 Å². The number of nitro benzene ring substituents is 1. The molecule has 0 aliphatic rings. The lowest BCUT2D eigenvalue weighted by Gasteiger charge is -2.13. The minimum absolute atomic E-state index is 0.0785. The molecule has 0 bridgehead atoms. The lowest BCUT2D eigenvalue weighted by molar-refractivity contribution is -0.384. The number of nitro groups is 1. The summed E-state index contributed by atoms with van der Waals surface area (Å²) in [5.41, 5.74) is -0.0785. The number of carbonyl (C=O) groups is 2. The highest BCUT2D eigenvalue weighted by molar-refractivity contribution is 6.30. The third kappa shape index (κ3) is 9.52. The van der Waals surface area contributed by atoms with Crippen LogP contribution < -0.4 is 14.2 Å². The number of esters is 1. The Hall–Kier alpha value is -3.82. The van der Waals surface area contributed by atoms with E-state index in [0.717, 1.165) is 0 Å². The molecule has 0 radical (unpaired) electrons. The molecule has 2 atom stereocenters. The molecule has 11 heteroatoms. The zero-order valence-electron chi connectivity index (χ0n) is 18.6. The van der Waals surface area contributed by atoms with Gasteiger partial charge in [0.05, 0.1) is 4.92 Å². The van der Waals surface area contributed by atoms with E-state index >= 15 is 0 Å². The van der Waals surface area contributed by atoms with Gasteiger partial charge in [0.25, 0.3) is 5.69 Å². The predicted molar refractivity (Wildman–Crippen MR) is 129 cm³/mol. The van der Waals surface area contributed by atoms with Gasteiger partial charge in [0.1, 0.15) is 17.2 Å². The summed E-state index contributed by atoms with van der Waals surface area (Å²) in [5.74, 6) is -0.405. The highest BCUT2D eigenvalue weighted by Crippen LogP contribution is 2.20. The molecule has 9 nitrogen and oxygen atoms in total. The molecule has 0 amide bonds. The lowest BCUT2D eigenvalue weighted by atomic mass is 10.3. The molecule has 3 aromatic rings. The number of aliphatic carboxylic acids is 1. The second kappa shape index (κ2) is 13.2. The van der Waals surface area contributed by atoms with E-state index in [9.17, 15) is 19.7 Å². The highest BCUT2D eigenvalue weighted by Gasteiger charge is 2.18. The van der Waals surface area contributed by atoms with Gasteiger partial charge in [0.2, 0.25) is 0 Å². The normalized spacial score (nSPS) is 11.8. The van der Waals surface area contributed by atoms with Gasteiger partial charge in [-0.3, -0.25) is 10.1 Å². The summed E-state index contributed by atoms with van der Waals surface area (Å²) in [6.07, 6.45) is -1.68. The maximum absolute atomic E-state index is 11.9. The van der Waals surface area contributed by atoms with Crippen LogP contribution in [0.4, 0.5) is 5.69 Å². The van der Waals surface area contributed by atoms with Crippen molar-refractivity contribution >= 4 is 40.8 Å². The first-order valence-corrected chi connectivity index (χ1v) is 10.8. The molecular weight excluding hydrogens is 501 g/mol. The minimum Gasteiger partial charge on any atom is -0.479 e. The van der Waals surface area contributed by atoms with E-state index in [-0.39, 0.29) is 11.4 Å². The van der Waals surface area contributed by atoms with E-state index < -0.39 is 29.1 Å². The van der Waals surface area contributed by atoms with Crippen molar-refractivity contribution < 1.29 is 33.8 Å². The van der Waals surface area contributed by atoms with Crippen LogP contribution in [0.2, 0.25) is 10.0 Å². The number of carboxylic acid groups (broad SMARTS) is 1. The maximum Gasteiger partial charge on any atom is 0.352 e. The summed E-state index contributed by atoms with van der Waals surface area (Å²) >= 11 is 11.4. The van der Waals surface area contributed by atoms with Crippen molar-refractivity contribution in [1.29, 1.82) is 0 Å². The number of nitrogens with zero attached hydrogens (tertiary/aromatic N) is 1. The lowest BCUT2D eigenvalue weighted by Crippen LogP contribution is -2.28. The second-order valence-corrected chi connectivity index (χ2v) is 7.81. The molecule has 0 heterocycles. The van der Waals surface area contributed by atoms with Crippen LogP contribution in [0, 0.1) is 10.1 Å². The standard InChI is InChI=1S/C15H12ClNO5.C9H9ClO3/c1-10(21-13-6-2-11(16)3-7-13)15(18)22-14-8-4-12(5-9-14)17(19)20;1-6(9(11)12)13-8-4-2-7(10)3-5-8/h2-10H,1H3;2-6H,1H3,(H,11,12)/t10-;6-/m00/s1. The molecule has 0 aromatic heterocycles. The van der Waals surface area contributed by atoms with Crippen molar-refractivity contribution in [3.63, 3.8) is 0 Å². The molecule has 0 aliphatic heterocycles. The molecule has 0 saturated heterocycles. The van der Waals surface area contributed by atoms with E-state index in [2.05, 4.69) is 0 Å². The van der Waals surface area contributed by atoms with Crippen molar-refractivity contribution in [1.82, 2.24) is 0 Å². The third-order valence-electron chi connectivity index (χ3n) is 4.20. The Labute approximate surface area is 210 Å². The number of benzene rings is 3. The number of carboxylic acids is 1. The van der Waals surface area contributed by atoms with E-state index in [1.54, 1.807) is 55.5 Å². The fourth-order valence-electron chi connectivity index (χ4n) is 2.37. The molecule has 35 heavy (non-hydrogen) atoms. The van der Waals surface area contributed by atoms with Gasteiger partial charge in [0.15, 0.2) is 12.2 Å². The molecule has 0 spiro atoms. The first-order valence-electron chi connectivity index (χ1n) is 10.1. The fourth-order valence-corrected chi connectivity index (χ4v) is 2.62. The van der Waals surface area contributed by atoms with Crippen LogP contribution in [0.5, 0.6) is 17.2 Å². The van der Waals surface area contributed by atoms with E-state index in [1.165, 1.54) is 31.2 Å². The SMILES string of the molecule is C[C@H](Oc1ccc(Cl)cc1)C(=O)O.C[C@H](Oc1ccc(Cl)cc1)C(=O)Oc1ccc([N+](=O)[O-])cc1. The molecule has 3 rings (SSSR count). The van der Waals surface area contributed by atoms with E-state index in [4.69, 9.17) is 42.5 Å². The average Bonchev–Trinajstić information content (AvgIpc) is 2.82. The van der Waals surface area contributed by atoms with Gasteiger partial charge in [-0.05, 0) is 74.5 Å². The molecule has 1 N–H and O–H groups in total. The van der Waals surface area contributed by atoms with Crippen LogP contribution in [-0.2, 0) is 9.59 Å². The molecule has 0 fully saturated rings. The smallest absolute Gasteiger partial charge is 0.352 e. The van der Waals surface area contributed by atoms with Crippen molar-refractivity contribution in [2.75, 3.05) is 0 Å². The topological polar surface area (TPSA) is 125 Å². The van der Waals surface area contributed by atoms with E-state index in [1.807, 2.05) is 0 Å². The van der Waals surface area contributed by atoms with Gasteiger partial charge in [-0.25, -0.2) is 9.59 Å². The summed E-state index contributed by atoms with van der Waals surface area (Å²) in [5, 5.41) is 20.2. The van der Waals surface area contributed by atoms with Gasteiger partial charge in [0, 0.05) is 22.2 Å². The van der Waals surface area contributed by atoms with Crippen molar-refractivity contribution in [2.24, 2.45) is 0 Å². The Morgan fingerprint density at radius 1 is 0.771 bits per heavy atom. The number of ether oxygens (including phenoxy) is 3. The van der Waals surface area contributed by atoms with Crippen LogP contribution in [-0.4, -0.2) is 34.2 Å². The number of halogens is 2. The van der Waals surface area contributed by atoms with Gasteiger partial charge in [-0.1, -0.05) is 23.2 Å². The summed E-state index contributed by atoms with van der Waals surface area (Å²) in [4.78, 5) is 32.3. The molecule has 3 aromatic carbocycles. The molecule has 184 valence electrons. The van der Waals surface area contributed by atoms with Gasteiger partial charge < -0.3 is 19.3 Å². The van der Waals surface area contributed by atoms with Crippen LogP contribution in [0.15, 0.2) is 72.8 Å². The van der Waals surface area contributed by atoms with Crippen LogP contribution in [0.3, 0.4) is 0 Å². The number of hydrogen-bond donors (Lipinski definition) is 1. The molecule has 0 unspecified atom stereocenters. The second-order valence-electron chi connectivity index (χ2n) is 6.94. The summed E-state index contributed by atoms with van der Waals surface area (Å²) < 4.78 is 15.6. The Morgan fingerprint density at radius 2 is 1.17 bits per heavy atom. The van der Waals surface area contributed by atoms with Gasteiger partial charge in [-0.2, -0.15) is 0 Å². The Kier molecular flexibility index (Phi) is 10.3. The quantitative estimate of drug-likeness (QED) is 0.170. The third-order valence-corrected chi connectivity index (χ3v) is 4.70. The average molecular weight is 522 g/mol. The molecular formula is C24H21Cl2NO8. The predicted octanol–water partition coefficient (Wildman–Crippen LogP) is 5.81. The Bertz CT molecular complexity index is 1140. The maximum atomic E-state index is 11.9. The summed E-state index contributed by atoms with van der Waals surface area (Å²) in [7, 11) is 0. The zero-order valence-corrected chi connectivity index (χ0v) is 20.1. The minimum atomic E-state index is -0.991. The van der Waals surface area contributed by atoms with Crippen LogP contribution in [0.1, 0.15) is 13.8 Å². The monoisotopic (exact) mass is 521 g/mol. The number of non-ortho nitro benzene ring substituents is 1. The van der Waals surface area contributed by atoms with Crippen molar-refractivity contribution in [3.05, 3.63) is 93.0 Å². The molecule has 0 aliphatic carbocycles. The van der Waals surface area contributed by atoms with Gasteiger partial charge >= 0.3 is 11.9 Å². The van der Waals surface area contributed by atoms with Gasteiger partial charge in [-0.15, -0.1) is 0 Å². The molecule has 0 saturated carbocycles. The highest BCUT2D eigenvalue weighted by atomic mass is 35.5. The fraction of sp³-hybridized carbons (Fsp3) is 0.167. The number of carbonyl (C=O) groups excluding carboxylic acids is 1. The summed E-state index contributed by atoms with van der Waals surface area (Å²) in [6.45, 7) is 3.01. The Morgan fingerprint density at radius 3 is 1.57 bits per heavy atom. The number of hydrogen-bond acceptors (Lipinski definition) is 7. The van der Waals surface area contributed by atoms with Crippen LogP contribution >= 0.6 is 23.2 Å². The van der Waals surface area contributed by atoms with Crippen molar-refractivity contribution in [2.45, 2.75) is 26.1 Å². The summed E-state index contributed by atoms with van der Waals surface area (Å²) in [6, 6.07) is 18.3. The Balaban J connectivity index is 0.000000283. The zero-order chi connectivity index (χ0) is 26.0. The first-order chi connectivity index (χ1) is 16.5. The first kappa shape index (κ1) is 27.4. The number of rotatable bonds is 8.